The van der Waals surface area contributed by atoms with Gasteiger partial charge in [0.2, 0.25) is 5.71 Å². The van der Waals surface area contributed by atoms with Crippen LogP contribution in [0.1, 0.15) is 31.9 Å². The topological polar surface area (TPSA) is 18.1 Å². The minimum atomic E-state index is 0.0782. The first kappa shape index (κ1) is 17.4. The van der Waals surface area contributed by atoms with Crippen molar-refractivity contribution in [2.75, 3.05) is 0 Å². The molecule has 0 aliphatic rings. The van der Waals surface area contributed by atoms with Gasteiger partial charge in [0.1, 0.15) is 5.58 Å². The lowest BCUT2D eigenvalue weighted by Gasteiger charge is -2.19. The van der Waals surface area contributed by atoms with Crippen LogP contribution in [0.15, 0.2) is 65.1 Å². The van der Waals surface area contributed by atoms with E-state index in [0.29, 0.717) is 0 Å². The number of nitrogens with zero attached hydrogens (tertiary/aromatic N) is 1. The molecule has 0 unspecified atom stereocenters. The van der Waals surface area contributed by atoms with E-state index in [9.17, 15) is 0 Å². The minimum Gasteiger partial charge on any atom is -0.439 e. The Balaban J connectivity index is 1.98. The molecule has 0 saturated carbocycles. The van der Waals surface area contributed by atoms with Crippen molar-refractivity contribution in [2.45, 2.75) is 33.1 Å². The molecule has 0 saturated heterocycles. The molecule has 5 aromatic rings. The maximum atomic E-state index is 6.39. The number of aryl methyl sites for hydroxylation is 1. The Labute approximate surface area is 169 Å². The Morgan fingerprint density at radius 2 is 1.68 bits per heavy atom. The quantitative estimate of drug-likeness (QED) is 0.287. The van der Waals surface area contributed by atoms with E-state index in [1.807, 2.05) is 24.3 Å². The van der Waals surface area contributed by atoms with Crippen LogP contribution in [0.5, 0.6) is 0 Å². The summed E-state index contributed by atoms with van der Waals surface area (Å²) in [6.07, 6.45) is 0. The number of fused-ring (bicyclic) bond motifs is 5. The number of hydrogen-bond donors (Lipinski definition) is 0. The van der Waals surface area contributed by atoms with E-state index in [4.69, 9.17) is 16.0 Å². The number of rotatable bonds is 1. The summed E-state index contributed by atoms with van der Waals surface area (Å²) in [6, 6.07) is 21.1. The second-order valence-electron chi connectivity index (χ2n) is 8.58. The van der Waals surface area contributed by atoms with Gasteiger partial charge >= 0.3 is 0 Å². The van der Waals surface area contributed by atoms with Gasteiger partial charge in [-0.1, -0.05) is 56.6 Å². The molecule has 2 aromatic heterocycles. The van der Waals surface area contributed by atoms with E-state index in [0.717, 1.165) is 43.9 Å². The monoisotopic (exact) mass is 387 g/mol. The molecule has 3 heteroatoms. The number of hydrogen-bond acceptors (Lipinski definition) is 1. The molecule has 0 bridgehead atoms. The maximum absolute atomic E-state index is 6.39. The first-order valence-corrected chi connectivity index (χ1v) is 9.94. The van der Waals surface area contributed by atoms with Crippen molar-refractivity contribution in [3.8, 4) is 5.69 Å². The van der Waals surface area contributed by atoms with Crippen molar-refractivity contribution in [2.24, 2.45) is 0 Å². The van der Waals surface area contributed by atoms with Gasteiger partial charge in [0.05, 0.1) is 16.6 Å². The highest BCUT2D eigenvalue weighted by Crippen LogP contribution is 2.40. The fourth-order valence-corrected chi connectivity index (χ4v) is 4.34. The van der Waals surface area contributed by atoms with Crippen molar-refractivity contribution < 1.29 is 4.42 Å². The second kappa shape index (κ2) is 5.89. The van der Waals surface area contributed by atoms with E-state index < -0.39 is 0 Å². The smallest absolute Gasteiger partial charge is 0.213 e. The third-order valence-corrected chi connectivity index (χ3v) is 5.66. The zero-order valence-electron chi connectivity index (χ0n) is 16.5. The molecular weight excluding hydrogens is 366 g/mol. The summed E-state index contributed by atoms with van der Waals surface area (Å²) < 4.78 is 8.54. The number of aromatic nitrogens is 1. The fourth-order valence-electron chi connectivity index (χ4n) is 4.06. The Morgan fingerprint density at radius 3 is 2.43 bits per heavy atom. The third-order valence-electron chi connectivity index (χ3n) is 5.44. The molecule has 0 amide bonds. The molecular formula is C25H22ClNO. The van der Waals surface area contributed by atoms with Gasteiger partial charge in [0, 0.05) is 15.8 Å². The Bertz CT molecular complexity index is 1340. The lowest BCUT2D eigenvalue weighted by Crippen LogP contribution is -2.10. The van der Waals surface area contributed by atoms with Crippen LogP contribution in [0.3, 0.4) is 0 Å². The van der Waals surface area contributed by atoms with Gasteiger partial charge in [0.15, 0.2) is 0 Å². The molecule has 0 spiro atoms. The van der Waals surface area contributed by atoms with E-state index >= 15 is 0 Å². The summed E-state index contributed by atoms with van der Waals surface area (Å²) in [5.74, 6) is 0. The first-order chi connectivity index (χ1) is 13.3. The number of furan rings is 1. The number of benzene rings is 3. The van der Waals surface area contributed by atoms with E-state index in [1.54, 1.807) is 0 Å². The number of para-hydroxylation sites is 1. The molecule has 5 rings (SSSR count). The molecule has 0 atom stereocenters. The van der Waals surface area contributed by atoms with Gasteiger partial charge in [0.25, 0.3) is 0 Å². The predicted molar refractivity (Wildman–Crippen MR) is 119 cm³/mol. The summed E-state index contributed by atoms with van der Waals surface area (Å²) in [5.41, 5.74) is 6.44. The van der Waals surface area contributed by atoms with Crippen LogP contribution in [0, 0.1) is 6.92 Å². The number of halogens is 1. The first-order valence-electron chi connectivity index (χ1n) is 9.57. The highest BCUT2D eigenvalue weighted by Gasteiger charge is 2.22. The average molecular weight is 388 g/mol. The highest BCUT2D eigenvalue weighted by atomic mass is 35.5. The second-order valence-corrected chi connectivity index (χ2v) is 9.02. The van der Waals surface area contributed by atoms with Crippen LogP contribution in [-0.2, 0) is 5.41 Å². The predicted octanol–water partition coefficient (Wildman–Crippen LogP) is 7.79. The molecule has 2 nitrogen and oxygen atoms in total. The van der Waals surface area contributed by atoms with Crippen molar-refractivity contribution in [3.05, 3.63) is 76.8 Å². The largest absolute Gasteiger partial charge is 0.439 e. The Kier molecular flexibility index (Phi) is 3.66. The van der Waals surface area contributed by atoms with Crippen LogP contribution >= 0.6 is 11.6 Å². The minimum absolute atomic E-state index is 0.0782. The zero-order valence-corrected chi connectivity index (χ0v) is 17.3. The van der Waals surface area contributed by atoms with Gasteiger partial charge in [-0.25, -0.2) is 0 Å². The van der Waals surface area contributed by atoms with Gasteiger partial charge < -0.3 is 4.42 Å². The van der Waals surface area contributed by atoms with Crippen LogP contribution in [0.25, 0.3) is 38.7 Å². The summed E-state index contributed by atoms with van der Waals surface area (Å²) in [7, 11) is 0. The third kappa shape index (κ3) is 2.56. The Hall–Kier alpha value is -2.71. The van der Waals surface area contributed by atoms with E-state index in [-0.39, 0.29) is 5.41 Å². The van der Waals surface area contributed by atoms with Crippen molar-refractivity contribution >= 4 is 44.6 Å². The van der Waals surface area contributed by atoms with Crippen LogP contribution in [0.4, 0.5) is 0 Å². The molecule has 0 aliphatic carbocycles. The summed E-state index contributed by atoms with van der Waals surface area (Å²) in [6.45, 7) is 8.80. The lowest BCUT2D eigenvalue weighted by atomic mass is 9.86. The normalized spacial score (nSPS) is 12.5. The van der Waals surface area contributed by atoms with Gasteiger partial charge in [-0.2, -0.15) is 0 Å². The average Bonchev–Trinajstić information content (AvgIpc) is 3.13. The van der Waals surface area contributed by atoms with Gasteiger partial charge in [-0.15, -0.1) is 0 Å². The molecule has 0 N–H and O–H groups in total. The van der Waals surface area contributed by atoms with Gasteiger partial charge in [-0.05, 0) is 59.9 Å². The zero-order chi connectivity index (χ0) is 19.6. The Morgan fingerprint density at radius 1 is 0.893 bits per heavy atom. The van der Waals surface area contributed by atoms with Crippen LogP contribution in [0.2, 0.25) is 5.02 Å². The van der Waals surface area contributed by atoms with E-state index in [2.05, 4.69) is 68.7 Å². The maximum Gasteiger partial charge on any atom is 0.213 e. The van der Waals surface area contributed by atoms with Crippen LogP contribution in [-0.4, -0.2) is 4.57 Å². The van der Waals surface area contributed by atoms with Crippen molar-refractivity contribution in [1.82, 2.24) is 4.57 Å². The highest BCUT2D eigenvalue weighted by molar-refractivity contribution is 6.31. The standard InChI is InChI=1S/C25H22ClNO/c1-15-11-17(26)14-18(12-15)27-21-10-9-16(25(2,3)4)13-20(21)23-19-7-5-6-8-22(19)28-24(23)27/h5-14H,1-4H3. The lowest BCUT2D eigenvalue weighted by molar-refractivity contribution is 0.591. The molecule has 2 heterocycles. The molecule has 0 radical (unpaired) electrons. The molecule has 28 heavy (non-hydrogen) atoms. The van der Waals surface area contributed by atoms with Crippen molar-refractivity contribution in [1.29, 1.82) is 0 Å². The van der Waals surface area contributed by atoms with Crippen molar-refractivity contribution in [3.63, 3.8) is 0 Å². The van der Waals surface area contributed by atoms with E-state index in [1.165, 1.54) is 10.9 Å². The summed E-state index contributed by atoms with van der Waals surface area (Å²) in [5, 5.41) is 4.25. The summed E-state index contributed by atoms with van der Waals surface area (Å²) in [4.78, 5) is 0. The van der Waals surface area contributed by atoms with Gasteiger partial charge in [-0.3, -0.25) is 4.57 Å². The van der Waals surface area contributed by atoms with Crippen LogP contribution < -0.4 is 0 Å². The molecule has 0 fully saturated rings. The summed E-state index contributed by atoms with van der Waals surface area (Å²) >= 11 is 6.39. The molecule has 0 aliphatic heterocycles. The molecule has 140 valence electrons. The molecule has 3 aromatic carbocycles. The SMILES string of the molecule is Cc1cc(Cl)cc(-n2c3ccc(C(C)(C)C)cc3c3c4ccccc4oc32)c1. The fraction of sp³-hybridized carbons (Fsp3) is 0.200.